The quantitative estimate of drug-likeness (QED) is 0.448. The van der Waals surface area contributed by atoms with Gasteiger partial charge in [0.2, 0.25) is 0 Å². The number of benzene rings is 2. The molecule has 0 radical (unpaired) electrons. The lowest BCUT2D eigenvalue weighted by atomic mass is 9.84. The molecular formula is C31H37F3N4O4. The van der Waals surface area contributed by atoms with Crippen molar-refractivity contribution in [2.45, 2.75) is 76.4 Å². The Balaban J connectivity index is 1.41. The van der Waals surface area contributed by atoms with Gasteiger partial charge in [0.25, 0.3) is 5.91 Å². The van der Waals surface area contributed by atoms with E-state index in [0.717, 1.165) is 48.1 Å². The summed E-state index contributed by atoms with van der Waals surface area (Å²) in [6.45, 7) is 5.46. The molecule has 0 aliphatic carbocycles. The number of fused-ring (bicyclic) bond motifs is 1. The van der Waals surface area contributed by atoms with E-state index in [1.165, 1.54) is 17.7 Å². The Morgan fingerprint density at radius 1 is 1.12 bits per heavy atom. The maximum absolute atomic E-state index is 13.1. The monoisotopic (exact) mass is 586 g/mol. The number of halogens is 3. The molecule has 2 aliphatic rings. The lowest BCUT2D eigenvalue weighted by Crippen LogP contribution is -2.57. The van der Waals surface area contributed by atoms with E-state index < -0.39 is 29.9 Å². The second-order valence-corrected chi connectivity index (χ2v) is 11.2. The van der Waals surface area contributed by atoms with E-state index in [4.69, 9.17) is 15.7 Å². The number of aliphatic hydroxyl groups excluding tert-OH is 1. The molecule has 2 fully saturated rings. The Bertz CT molecular complexity index is 1330. The number of amides is 1. The third kappa shape index (κ3) is 7.12. The van der Waals surface area contributed by atoms with Gasteiger partial charge in [0.15, 0.2) is 0 Å². The molecule has 2 heterocycles. The van der Waals surface area contributed by atoms with Gasteiger partial charge in [-0.05, 0) is 86.1 Å². The third-order valence-corrected chi connectivity index (χ3v) is 8.48. The number of esters is 1. The van der Waals surface area contributed by atoms with Crippen molar-refractivity contribution in [3.63, 3.8) is 0 Å². The molecule has 3 N–H and O–H groups in total. The highest BCUT2D eigenvalue weighted by molar-refractivity contribution is 5.94. The fourth-order valence-corrected chi connectivity index (χ4v) is 6.00. The minimum atomic E-state index is -4.44. The first-order valence-electron chi connectivity index (χ1n) is 14.2. The van der Waals surface area contributed by atoms with Crippen LogP contribution in [0.5, 0.6) is 0 Å². The van der Waals surface area contributed by atoms with Crippen LogP contribution in [-0.2, 0) is 22.1 Å². The van der Waals surface area contributed by atoms with Crippen molar-refractivity contribution in [3.05, 3.63) is 69.8 Å². The molecule has 0 saturated carbocycles. The van der Waals surface area contributed by atoms with Crippen molar-refractivity contribution in [1.82, 2.24) is 9.80 Å². The molecule has 0 spiro atoms. The summed E-state index contributed by atoms with van der Waals surface area (Å²) in [5.41, 5.74) is 9.85. The van der Waals surface area contributed by atoms with E-state index in [2.05, 4.69) is 17.9 Å². The molecule has 4 rings (SSSR count). The zero-order chi connectivity index (χ0) is 30.6. The Hall–Kier alpha value is -3.46. The number of carbonyl (C=O) groups excluding carboxylic acids is 2. The number of ether oxygens (including phenoxy) is 1. The van der Waals surface area contributed by atoms with E-state index in [1.54, 1.807) is 4.90 Å². The number of aliphatic hydroxyl groups is 1. The fourth-order valence-electron chi connectivity index (χ4n) is 6.00. The number of piperazine rings is 1. The van der Waals surface area contributed by atoms with Gasteiger partial charge in [-0.1, -0.05) is 12.1 Å². The van der Waals surface area contributed by atoms with Crippen LogP contribution in [-0.4, -0.2) is 71.2 Å². The standard InChI is InChI=1S/C31H37F3N4O4/c1-19-20(2)26(11-8-22(19)16-27(36)30(41)42-18-25(39)12-13-35)28-5-3-4-24-17-37(14-15-38(24)28)29(40)21-6-9-23(10-7-21)31(32,33)34/h6-11,24-25,27-28,39H,3-5,12,14-18,36H2,1-2H3/t24-,25-,27-,28+/m0/s1. The van der Waals surface area contributed by atoms with Gasteiger partial charge in [-0.3, -0.25) is 14.5 Å². The Morgan fingerprint density at radius 3 is 2.50 bits per heavy atom. The Morgan fingerprint density at radius 2 is 1.83 bits per heavy atom. The van der Waals surface area contributed by atoms with Crippen molar-refractivity contribution in [2.75, 3.05) is 26.2 Å². The maximum Gasteiger partial charge on any atom is 0.416 e. The van der Waals surface area contributed by atoms with Gasteiger partial charge in [-0.2, -0.15) is 18.4 Å². The molecule has 1 amide bonds. The van der Waals surface area contributed by atoms with Crippen molar-refractivity contribution in [2.24, 2.45) is 5.73 Å². The molecule has 2 saturated heterocycles. The number of piperidine rings is 1. The molecule has 226 valence electrons. The predicted molar refractivity (Wildman–Crippen MR) is 149 cm³/mol. The van der Waals surface area contributed by atoms with Crippen molar-refractivity contribution < 1.29 is 32.6 Å². The largest absolute Gasteiger partial charge is 0.462 e. The molecule has 8 nitrogen and oxygen atoms in total. The van der Waals surface area contributed by atoms with Gasteiger partial charge >= 0.3 is 12.1 Å². The fraction of sp³-hybridized carbons (Fsp3) is 0.516. The van der Waals surface area contributed by atoms with E-state index in [1.807, 2.05) is 19.1 Å². The zero-order valence-corrected chi connectivity index (χ0v) is 23.9. The topological polar surface area (TPSA) is 120 Å². The summed E-state index contributed by atoms with van der Waals surface area (Å²) in [7, 11) is 0. The minimum absolute atomic E-state index is 0.130. The molecule has 0 aromatic heterocycles. The van der Waals surface area contributed by atoms with Crippen LogP contribution in [0.25, 0.3) is 0 Å². The second kappa shape index (κ2) is 13.2. The average molecular weight is 587 g/mol. The molecule has 4 atom stereocenters. The highest BCUT2D eigenvalue weighted by atomic mass is 19.4. The van der Waals surface area contributed by atoms with Crippen LogP contribution in [0, 0.1) is 25.2 Å². The summed E-state index contributed by atoms with van der Waals surface area (Å²) in [5, 5.41) is 18.2. The van der Waals surface area contributed by atoms with Crippen molar-refractivity contribution >= 4 is 11.9 Å². The zero-order valence-electron chi connectivity index (χ0n) is 23.9. The van der Waals surface area contributed by atoms with Crippen molar-refractivity contribution in [3.8, 4) is 6.07 Å². The normalized spacial score (nSPS) is 20.8. The van der Waals surface area contributed by atoms with Crippen LogP contribution in [0.1, 0.15) is 69.9 Å². The second-order valence-electron chi connectivity index (χ2n) is 11.2. The van der Waals surface area contributed by atoms with Gasteiger partial charge in [0, 0.05) is 37.3 Å². The number of hydrogen-bond donors (Lipinski definition) is 2. The average Bonchev–Trinajstić information content (AvgIpc) is 2.97. The van der Waals surface area contributed by atoms with E-state index in [0.29, 0.717) is 19.6 Å². The Kier molecular flexibility index (Phi) is 9.92. The molecule has 0 bridgehead atoms. The number of nitriles is 1. The van der Waals surface area contributed by atoms with Crippen molar-refractivity contribution in [1.29, 1.82) is 5.26 Å². The van der Waals surface area contributed by atoms with Gasteiger partial charge in [-0.15, -0.1) is 0 Å². The molecular weight excluding hydrogens is 549 g/mol. The summed E-state index contributed by atoms with van der Waals surface area (Å²) in [4.78, 5) is 29.6. The van der Waals surface area contributed by atoms with Crippen LogP contribution in [0.15, 0.2) is 36.4 Å². The summed E-state index contributed by atoms with van der Waals surface area (Å²) in [6, 6.07) is 9.70. The van der Waals surface area contributed by atoms with Gasteiger partial charge in [0.1, 0.15) is 18.8 Å². The lowest BCUT2D eigenvalue weighted by Gasteiger charge is -2.49. The number of hydrogen-bond acceptors (Lipinski definition) is 7. The lowest BCUT2D eigenvalue weighted by molar-refractivity contribution is -0.148. The number of rotatable bonds is 8. The van der Waals surface area contributed by atoms with E-state index >= 15 is 0 Å². The van der Waals surface area contributed by atoms with Gasteiger partial charge < -0.3 is 20.5 Å². The summed E-state index contributed by atoms with van der Waals surface area (Å²) in [5.74, 6) is -0.886. The molecule has 42 heavy (non-hydrogen) atoms. The summed E-state index contributed by atoms with van der Waals surface area (Å²) in [6.07, 6.45) is -2.45. The highest BCUT2D eigenvalue weighted by Crippen LogP contribution is 2.39. The number of carbonyl (C=O) groups is 2. The molecule has 2 aromatic rings. The summed E-state index contributed by atoms with van der Waals surface area (Å²) >= 11 is 0. The highest BCUT2D eigenvalue weighted by Gasteiger charge is 2.38. The SMILES string of the molecule is Cc1c(C[C@H](N)C(=O)OC[C@@H](O)CC#N)ccc([C@H]2CCC[C@H]3CN(C(=O)c4ccc(C(F)(F)F)cc4)CCN32)c1C. The van der Waals surface area contributed by atoms with Gasteiger partial charge in [0.05, 0.1) is 18.1 Å². The smallest absolute Gasteiger partial charge is 0.416 e. The van der Waals surface area contributed by atoms with Gasteiger partial charge in [-0.25, -0.2) is 0 Å². The molecule has 11 heteroatoms. The first-order valence-corrected chi connectivity index (χ1v) is 14.2. The van der Waals surface area contributed by atoms with Crippen LogP contribution in [0.2, 0.25) is 0 Å². The predicted octanol–water partition coefficient (Wildman–Crippen LogP) is 4.06. The molecule has 2 aromatic carbocycles. The number of nitrogens with zero attached hydrogens (tertiary/aromatic N) is 3. The maximum atomic E-state index is 13.1. The summed E-state index contributed by atoms with van der Waals surface area (Å²) < 4.78 is 43.9. The Labute approximate surface area is 243 Å². The first kappa shape index (κ1) is 31.5. The van der Waals surface area contributed by atoms with E-state index in [-0.39, 0.29) is 43.0 Å². The first-order chi connectivity index (χ1) is 19.9. The van der Waals surface area contributed by atoms with Crippen LogP contribution < -0.4 is 5.73 Å². The number of nitrogens with two attached hydrogens (primary N) is 1. The third-order valence-electron chi connectivity index (χ3n) is 8.48. The van der Waals surface area contributed by atoms with E-state index in [9.17, 15) is 27.9 Å². The van der Waals surface area contributed by atoms with Crippen LogP contribution >= 0.6 is 0 Å². The van der Waals surface area contributed by atoms with Crippen LogP contribution in [0.4, 0.5) is 13.2 Å². The number of alkyl halides is 3. The van der Waals surface area contributed by atoms with Crippen LogP contribution in [0.3, 0.4) is 0 Å². The molecule has 2 aliphatic heterocycles. The molecule has 0 unspecified atom stereocenters. The minimum Gasteiger partial charge on any atom is -0.462 e.